The largest absolute Gasteiger partial charge is 0.488 e. The SMILES string of the molecule is CC(CCCCCN1C(=O)c2ccccc2C1=O)Oc1c(Br)cc([N+](=O)[O-])cc1Br. The zero-order valence-corrected chi connectivity index (χ0v) is 19.4. The van der Waals surface area contributed by atoms with Gasteiger partial charge in [-0.05, 0) is 70.2 Å². The molecule has 158 valence electrons. The van der Waals surface area contributed by atoms with Crippen molar-refractivity contribution >= 4 is 49.4 Å². The Hall–Kier alpha value is -2.26. The van der Waals surface area contributed by atoms with Crippen LogP contribution in [0, 0.1) is 10.1 Å². The fourth-order valence-electron chi connectivity index (χ4n) is 3.35. The van der Waals surface area contributed by atoms with E-state index in [1.54, 1.807) is 24.3 Å². The number of amides is 2. The second kappa shape index (κ2) is 9.70. The van der Waals surface area contributed by atoms with Crippen LogP contribution in [0.5, 0.6) is 5.75 Å². The molecule has 2 aromatic carbocycles. The van der Waals surface area contributed by atoms with E-state index in [1.165, 1.54) is 17.0 Å². The Kier molecular flexibility index (Phi) is 7.25. The summed E-state index contributed by atoms with van der Waals surface area (Å²) in [6.45, 7) is 2.34. The molecule has 0 spiro atoms. The van der Waals surface area contributed by atoms with E-state index in [1.807, 2.05) is 6.92 Å². The normalized spacial score (nSPS) is 14.0. The van der Waals surface area contributed by atoms with Gasteiger partial charge < -0.3 is 4.74 Å². The first-order chi connectivity index (χ1) is 14.3. The summed E-state index contributed by atoms with van der Waals surface area (Å²) in [5, 5.41) is 10.9. The molecule has 2 aromatic rings. The molecule has 1 atom stereocenters. The standard InChI is InChI=1S/C21H20Br2N2O5/c1-13(30-19-17(22)11-14(25(28)29)12-18(19)23)7-3-2-6-10-24-20(26)15-8-4-5-9-16(15)21(24)27/h4-5,8-9,11-13H,2-3,6-7,10H2,1H3. The molecule has 30 heavy (non-hydrogen) atoms. The Morgan fingerprint density at radius 1 is 1.03 bits per heavy atom. The predicted molar refractivity (Wildman–Crippen MR) is 119 cm³/mol. The molecular weight excluding hydrogens is 520 g/mol. The highest BCUT2D eigenvalue weighted by Crippen LogP contribution is 2.38. The Morgan fingerprint density at radius 2 is 1.60 bits per heavy atom. The lowest BCUT2D eigenvalue weighted by molar-refractivity contribution is -0.385. The van der Waals surface area contributed by atoms with Gasteiger partial charge in [-0.3, -0.25) is 24.6 Å². The first-order valence-corrected chi connectivity index (χ1v) is 11.1. The lowest BCUT2D eigenvalue weighted by Crippen LogP contribution is -2.30. The van der Waals surface area contributed by atoms with Crippen molar-refractivity contribution in [3.05, 3.63) is 66.6 Å². The highest BCUT2D eigenvalue weighted by molar-refractivity contribution is 9.11. The summed E-state index contributed by atoms with van der Waals surface area (Å²) in [5.41, 5.74) is 0.925. The monoisotopic (exact) mass is 538 g/mol. The van der Waals surface area contributed by atoms with Gasteiger partial charge in [-0.2, -0.15) is 0 Å². The number of unbranched alkanes of at least 4 members (excludes halogenated alkanes) is 2. The van der Waals surface area contributed by atoms with E-state index in [4.69, 9.17) is 4.74 Å². The Bertz CT molecular complexity index is 937. The molecule has 0 saturated heterocycles. The van der Waals surface area contributed by atoms with Crippen LogP contribution in [0.15, 0.2) is 45.3 Å². The van der Waals surface area contributed by atoms with Gasteiger partial charge in [0.25, 0.3) is 17.5 Å². The summed E-state index contributed by atoms with van der Waals surface area (Å²) in [4.78, 5) is 36.5. The molecule has 0 N–H and O–H groups in total. The van der Waals surface area contributed by atoms with E-state index in [0.29, 0.717) is 32.4 Å². The van der Waals surface area contributed by atoms with Crippen molar-refractivity contribution in [2.45, 2.75) is 38.7 Å². The van der Waals surface area contributed by atoms with Crippen molar-refractivity contribution < 1.29 is 19.2 Å². The molecule has 1 aliphatic rings. The predicted octanol–water partition coefficient (Wildman–Crippen LogP) is 5.74. The molecule has 0 aromatic heterocycles. The first kappa shape index (κ1) is 22.4. The Balaban J connectivity index is 1.44. The number of benzene rings is 2. The van der Waals surface area contributed by atoms with E-state index in [9.17, 15) is 19.7 Å². The number of non-ortho nitro benzene ring substituents is 1. The van der Waals surface area contributed by atoms with Crippen molar-refractivity contribution in [2.24, 2.45) is 0 Å². The summed E-state index contributed by atoms with van der Waals surface area (Å²) in [6.07, 6.45) is 3.12. The number of hydrogen-bond donors (Lipinski definition) is 0. The minimum absolute atomic E-state index is 0.0260. The molecule has 3 rings (SSSR count). The molecule has 7 nitrogen and oxygen atoms in total. The van der Waals surface area contributed by atoms with Crippen LogP contribution in [0.2, 0.25) is 0 Å². The van der Waals surface area contributed by atoms with E-state index >= 15 is 0 Å². The van der Waals surface area contributed by atoms with E-state index in [0.717, 1.165) is 25.7 Å². The summed E-state index contributed by atoms with van der Waals surface area (Å²) >= 11 is 6.64. The van der Waals surface area contributed by atoms with Crippen LogP contribution >= 0.6 is 31.9 Å². The van der Waals surface area contributed by atoms with Crippen molar-refractivity contribution in [1.82, 2.24) is 4.90 Å². The minimum atomic E-state index is -0.461. The van der Waals surface area contributed by atoms with Crippen LogP contribution in [0.4, 0.5) is 5.69 Å². The molecule has 0 radical (unpaired) electrons. The van der Waals surface area contributed by atoms with Gasteiger partial charge in [0.2, 0.25) is 0 Å². The molecule has 0 saturated carbocycles. The number of imide groups is 1. The molecule has 1 heterocycles. The second-order valence-corrected chi connectivity index (χ2v) is 8.79. The Labute approximate surface area is 190 Å². The molecule has 0 bridgehead atoms. The first-order valence-electron chi connectivity index (χ1n) is 9.55. The summed E-state index contributed by atoms with van der Waals surface area (Å²) in [7, 11) is 0. The van der Waals surface area contributed by atoms with Crippen LogP contribution < -0.4 is 4.74 Å². The number of nitro groups is 1. The zero-order chi connectivity index (χ0) is 21.8. The Morgan fingerprint density at radius 3 is 2.13 bits per heavy atom. The minimum Gasteiger partial charge on any atom is -0.488 e. The van der Waals surface area contributed by atoms with Gasteiger partial charge in [0, 0.05) is 18.7 Å². The topological polar surface area (TPSA) is 89.8 Å². The van der Waals surface area contributed by atoms with Gasteiger partial charge >= 0.3 is 0 Å². The molecule has 9 heteroatoms. The van der Waals surface area contributed by atoms with Gasteiger partial charge in [0.05, 0.1) is 31.1 Å². The maximum Gasteiger partial charge on any atom is 0.271 e. The maximum atomic E-state index is 12.3. The molecule has 2 amide bonds. The molecule has 1 aliphatic heterocycles. The number of fused-ring (bicyclic) bond motifs is 1. The van der Waals surface area contributed by atoms with Crippen molar-refractivity contribution in [1.29, 1.82) is 0 Å². The van der Waals surface area contributed by atoms with Crippen molar-refractivity contribution in [2.75, 3.05) is 6.54 Å². The summed E-state index contributed by atoms with van der Waals surface area (Å²) in [6, 6.07) is 9.71. The van der Waals surface area contributed by atoms with Gasteiger partial charge in [-0.25, -0.2) is 0 Å². The third-order valence-corrected chi connectivity index (χ3v) is 6.06. The van der Waals surface area contributed by atoms with Crippen LogP contribution in [0.3, 0.4) is 0 Å². The van der Waals surface area contributed by atoms with Gasteiger partial charge in [0.1, 0.15) is 5.75 Å². The lowest BCUT2D eigenvalue weighted by atomic mass is 10.1. The average molecular weight is 540 g/mol. The van der Waals surface area contributed by atoms with Crippen molar-refractivity contribution in [3.63, 3.8) is 0 Å². The third kappa shape index (κ3) is 4.89. The number of rotatable bonds is 9. The maximum absolute atomic E-state index is 12.3. The van der Waals surface area contributed by atoms with Crippen LogP contribution in [0.1, 0.15) is 53.3 Å². The smallest absolute Gasteiger partial charge is 0.271 e. The quantitative estimate of drug-likeness (QED) is 0.175. The number of nitro benzene ring substituents is 1. The summed E-state index contributed by atoms with van der Waals surface area (Å²) in [5.74, 6) is 0.0828. The molecule has 0 aliphatic carbocycles. The molecular formula is C21H20Br2N2O5. The van der Waals surface area contributed by atoms with Crippen LogP contribution in [-0.2, 0) is 0 Å². The zero-order valence-electron chi connectivity index (χ0n) is 16.3. The fourth-order valence-corrected chi connectivity index (χ4v) is 4.69. The van der Waals surface area contributed by atoms with Crippen molar-refractivity contribution in [3.8, 4) is 5.75 Å². The van der Waals surface area contributed by atoms with E-state index in [2.05, 4.69) is 31.9 Å². The highest BCUT2D eigenvalue weighted by atomic mass is 79.9. The lowest BCUT2D eigenvalue weighted by Gasteiger charge is -2.17. The number of halogens is 2. The summed E-state index contributed by atoms with van der Waals surface area (Å²) < 4.78 is 6.96. The number of carbonyl (C=O) groups is 2. The van der Waals surface area contributed by atoms with Gasteiger partial charge in [-0.15, -0.1) is 0 Å². The fraction of sp³-hybridized carbons (Fsp3) is 0.333. The number of ether oxygens (including phenoxy) is 1. The third-order valence-electron chi connectivity index (χ3n) is 4.88. The molecule has 1 unspecified atom stereocenters. The van der Waals surface area contributed by atoms with E-state index in [-0.39, 0.29) is 23.6 Å². The number of hydrogen-bond acceptors (Lipinski definition) is 5. The van der Waals surface area contributed by atoms with Crippen LogP contribution in [0.25, 0.3) is 0 Å². The number of carbonyl (C=O) groups excluding carboxylic acids is 2. The second-order valence-electron chi connectivity index (χ2n) is 7.08. The van der Waals surface area contributed by atoms with E-state index < -0.39 is 4.92 Å². The molecule has 0 fully saturated rings. The average Bonchev–Trinajstić information content (AvgIpc) is 2.95. The van der Waals surface area contributed by atoms with Crippen LogP contribution in [-0.4, -0.2) is 34.3 Å². The van der Waals surface area contributed by atoms with Gasteiger partial charge in [-0.1, -0.05) is 18.6 Å². The highest BCUT2D eigenvalue weighted by Gasteiger charge is 2.34. The van der Waals surface area contributed by atoms with Gasteiger partial charge in [0.15, 0.2) is 0 Å². The number of nitrogens with zero attached hydrogens (tertiary/aromatic N) is 2.